The molecule has 0 aliphatic carbocycles. The van der Waals surface area contributed by atoms with E-state index in [0.717, 1.165) is 58.0 Å². The van der Waals surface area contributed by atoms with Gasteiger partial charge in [-0.15, -0.1) is 0 Å². The van der Waals surface area contributed by atoms with Crippen molar-refractivity contribution in [2.24, 2.45) is 11.8 Å². The molecule has 3 atom stereocenters. The maximum absolute atomic E-state index is 12.5. The van der Waals surface area contributed by atoms with Crippen LogP contribution in [0.5, 0.6) is 0 Å². The zero-order valence-corrected chi connectivity index (χ0v) is 15.6. The number of hydrogen-bond acceptors (Lipinski definition) is 3. The van der Waals surface area contributed by atoms with Crippen molar-refractivity contribution in [2.45, 2.75) is 71.3 Å². The fourth-order valence-electron chi connectivity index (χ4n) is 3.97. The molecule has 6 heteroatoms. The minimum absolute atomic E-state index is 0.0360. The summed E-state index contributed by atoms with van der Waals surface area (Å²) in [5.41, 5.74) is 0. The average molecular weight is 352 g/mol. The van der Waals surface area contributed by atoms with Gasteiger partial charge >= 0.3 is 5.97 Å². The average Bonchev–Trinajstić information content (AvgIpc) is 3.28. The molecule has 6 nitrogen and oxygen atoms in total. The van der Waals surface area contributed by atoms with Gasteiger partial charge in [-0.25, -0.2) is 4.79 Å². The molecule has 0 aromatic rings. The van der Waals surface area contributed by atoms with Crippen molar-refractivity contribution in [3.05, 3.63) is 0 Å². The van der Waals surface area contributed by atoms with Crippen LogP contribution < -0.4 is 0 Å². The first-order valence-electron chi connectivity index (χ1n) is 9.74. The zero-order valence-electron chi connectivity index (χ0n) is 15.6. The molecular weight excluding hydrogens is 320 g/mol. The van der Waals surface area contributed by atoms with Gasteiger partial charge in [0, 0.05) is 31.5 Å². The SMILES string of the molecule is CC(CCCC[C@@H](C)C(=O)N1CCCC1)C(=O)N1CCC[C@@H]1C(=O)O. The highest BCUT2D eigenvalue weighted by Crippen LogP contribution is 2.23. The molecule has 2 heterocycles. The van der Waals surface area contributed by atoms with Crippen molar-refractivity contribution in [1.29, 1.82) is 0 Å². The Labute approximate surface area is 150 Å². The number of carboxylic acid groups (broad SMARTS) is 1. The summed E-state index contributed by atoms with van der Waals surface area (Å²) in [6, 6.07) is -0.645. The van der Waals surface area contributed by atoms with Crippen molar-refractivity contribution >= 4 is 17.8 Å². The molecule has 0 saturated carbocycles. The number of unbranched alkanes of at least 4 members (excludes halogenated alkanes) is 1. The summed E-state index contributed by atoms with van der Waals surface area (Å²) < 4.78 is 0. The van der Waals surface area contributed by atoms with Crippen molar-refractivity contribution in [3.63, 3.8) is 0 Å². The maximum atomic E-state index is 12.5. The van der Waals surface area contributed by atoms with E-state index in [2.05, 4.69) is 0 Å². The molecule has 2 fully saturated rings. The first-order valence-corrected chi connectivity index (χ1v) is 9.74. The third-order valence-corrected chi connectivity index (χ3v) is 5.61. The standard InChI is InChI=1S/C19H32N2O4/c1-14(17(22)20-11-5-6-12-20)8-3-4-9-15(2)18(23)21-13-7-10-16(21)19(24)25/h14-16H,3-13H2,1-2H3,(H,24,25)/t14-,15?,16-/m1/s1. The van der Waals surface area contributed by atoms with Crippen LogP contribution in [0.3, 0.4) is 0 Å². The molecule has 142 valence electrons. The lowest BCUT2D eigenvalue weighted by molar-refractivity contribution is -0.149. The first kappa shape index (κ1) is 19.7. The van der Waals surface area contributed by atoms with Gasteiger partial charge in [0.05, 0.1) is 0 Å². The topological polar surface area (TPSA) is 77.9 Å². The highest BCUT2D eigenvalue weighted by atomic mass is 16.4. The van der Waals surface area contributed by atoms with Gasteiger partial charge in [0.1, 0.15) is 6.04 Å². The Morgan fingerprint density at radius 1 is 0.920 bits per heavy atom. The predicted octanol–water partition coefficient (Wildman–Crippen LogP) is 2.52. The molecule has 2 aliphatic rings. The third kappa shape index (κ3) is 5.19. The van der Waals surface area contributed by atoms with Crippen LogP contribution >= 0.6 is 0 Å². The van der Waals surface area contributed by atoms with Gasteiger partial charge in [0.2, 0.25) is 11.8 Å². The van der Waals surface area contributed by atoms with Crippen LogP contribution in [0.2, 0.25) is 0 Å². The molecule has 1 unspecified atom stereocenters. The van der Waals surface area contributed by atoms with Crippen molar-refractivity contribution < 1.29 is 19.5 Å². The number of carbonyl (C=O) groups is 3. The molecular formula is C19H32N2O4. The lowest BCUT2D eigenvalue weighted by atomic mass is 9.97. The van der Waals surface area contributed by atoms with Crippen LogP contribution in [0.15, 0.2) is 0 Å². The van der Waals surface area contributed by atoms with E-state index in [1.165, 1.54) is 4.90 Å². The van der Waals surface area contributed by atoms with Gasteiger partial charge in [-0.2, -0.15) is 0 Å². The Bertz CT molecular complexity index is 488. The van der Waals surface area contributed by atoms with E-state index in [4.69, 9.17) is 0 Å². The smallest absolute Gasteiger partial charge is 0.326 e. The Balaban J connectivity index is 1.67. The molecule has 0 spiro atoms. The Morgan fingerprint density at radius 3 is 2.04 bits per heavy atom. The molecule has 25 heavy (non-hydrogen) atoms. The van der Waals surface area contributed by atoms with Crippen LogP contribution in [0.25, 0.3) is 0 Å². The van der Waals surface area contributed by atoms with Crippen molar-refractivity contribution in [2.75, 3.05) is 19.6 Å². The lowest BCUT2D eigenvalue weighted by Gasteiger charge is -2.25. The fourth-order valence-corrected chi connectivity index (χ4v) is 3.97. The number of carbonyl (C=O) groups excluding carboxylic acids is 2. The van der Waals surface area contributed by atoms with Gasteiger partial charge in [-0.1, -0.05) is 26.7 Å². The monoisotopic (exact) mass is 352 g/mol. The number of likely N-dealkylation sites (tertiary alicyclic amines) is 2. The Kier molecular flexibility index (Phi) is 7.26. The van der Waals surface area contributed by atoms with Gasteiger partial charge in [-0.3, -0.25) is 9.59 Å². The minimum atomic E-state index is -0.896. The number of aliphatic carboxylic acids is 1. The van der Waals surface area contributed by atoms with E-state index in [1.54, 1.807) is 0 Å². The second-order valence-electron chi connectivity index (χ2n) is 7.65. The van der Waals surface area contributed by atoms with E-state index in [-0.39, 0.29) is 23.7 Å². The van der Waals surface area contributed by atoms with Crippen LogP contribution in [-0.2, 0) is 14.4 Å². The Hall–Kier alpha value is -1.59. The predicted molar refractivity (Wildman–Crippen MR) is 95.0 cm³/mol. The van der Waals surface area contributed by atoms with Gasteiger partial charge in [-0.05, 0) is 38.5 Å². The van der Waals surface area contributed by atoms with E-state index in [9.17, 15) is 19.5 Å². The maximum Gasteiger partial charge on any atom is 0.326 e. The van der Waals surface area contributed by atoms with E-state index < -0.39 is 12.0 Å². The van der Waals surface area contributed by atoms with Crippen molar-refractivity contribution in [3.8, 4) is 0 Å². The highest BCUT2D eigenvalue weighted by molar-refractivity contribution is 5.85. The van der Waals surface area contributed by atoms with Gasteiger partial charge in [0.25, 0.3) is 0 Å². The summed E-state index contributed by atoms with van der Waals surface area (Å²) in [5.74, 6) is -0.759. The summed E-state index contributed by atoms with van der Waals surface area (Å²) in [4.78, 5) is 39.5. The number of nitrogens with zero attached hydrogens (tertiary/aromatic N) is 2. The van der Waals surface area contributed by atoms with E-state index >= 15 is 0 Å². The van der Waals surface area contributed by atoms with E-state index in [0.29, 0.717) is 13.0 Å². The molecule has 0 radical (unpaired) electrons. The molecule has 2 aliphatic heterocycles. The van der Waals surface area contributed by atoms with Gasteiger partial charge < -0.3 is 14.9 Å². The van der Waals surface area contributed by atoms with Crippen LogP contribution in [0.1, 0.15) is 65.2 Å². The summed E-state index contributed by atoms with van der Waals surface area (Å²) in [7, 11) is 0. The highest BCUT2D eigenvalue weighted by Gasteiger charge is 2.35. The second kappa shape index (κ2) is 9.20. The van der Waals surface area contributed by atoms with Gasteiger partial charge in [0.15, 0.2) is 0 Å². The largest absolute Gasteiger partial charge is 0.480 e. The quantitative estimate of drug-likeness (QED) is 0.681. The molecule has 0 bridgehead atoms. The summed E-state index contributed by atoms with van der Waals surface area (Å²) in [6.45, 7) is 6.24. The number of carboxylic acids is 1. The normalized spacial score (nSPS) is 22.9. The molecule has 0 aromatic heterocycles. The molecule has 1 N–H and O–H groups in total. The van der Waals surface area contributed by atoms with Crippen molar-refractivity contribution in [1.82, 2.24) is 9.80 Å². The molecule has 0 aromatic carbocycles. The summed E-state index contributed by atoms with van der Waals surface area (Å²) in [6.07, 6.45) is 7.01. The Morgan fingerprint density at radius 2 is 1.48 bits per heavy atom. The van der Waals surface area contributed by atoms with Crippen LogP contribution in [0.4, 0.5) is 0 Å². The molecule has 2 rings (SSSR count). The number of amides is 2. The molecule has 2 saturated heterocycles. The van der Waals surface area contributed by atoms with E-state index in [1.807, 2.05) is 18.7 Å². The van der Waals surface area contributed by atoms with Crippen LogP contribution in [0, 0.1) is 11.8 Å². The fraction of sp³-hybridized carbons (Fsp3) is 0.842. The zero-order chi connectivity index (χ0) is 18.4. The third-order valence-electron chi connectivity index (χ3n) is 5.61. The summed E-state index contributed by atoms with van der Waals surface area (Å²) in [5, 5.41) is 9.20. The first-order chi connectivity index (χ1) is 11.9. The minimum Gasteiger partial charge on any atom is -0.480 e. The summed E-state index contributed by atoms with van der Waals surface area (Å²) >= 11 is 0. The second-order valence-corrected chi connectivity index (χ2v) is 7.65. The number of rotatable bonds is 8. The van der Waals surface area contributed by atoms with Crippen LogP contribution in [-0.4, -0.2) is 58.4 Å². The molecule has 2 amide bonds. The number of hydrogen-bond donors (Lipinski definition) is 1. The lowest BCUT2D eigenvalue weighted by Crippen LogP contribution is -2.42.